The Hall–Kier alpha value is -4.95. The first kappa shape index (κ1) is 26.3. The lowest BCUT2D eigenvalue weighted by Gasteiger charge is -2.42. The summed E-state index contributed by atoms with van der Waals surface area (Å²) in [5.74, 6) is 1.86. The number of ether oxygens (including phenoxy) is 1. The van der Waals surface area contributed by atoms with Crippen molar-refractivity contribution in [3.05, 3.63) is 119 Å². The lowest BCUT2D eigenvalue weighted by molar-refractivity contribution is -0.205. The molecule has 0 amide bonds. The first-order valence-electron chi connectivity index (χ1n) is 12.5. The van der Waals surface area contributed by atoms with Gasteiger partial charge >= 0.3 is 5.92 Å². The molecular formula is C30H21F4N5O2. The number of nitrogens with one attached hydrogen (secondary N) is 1. The predicted molar refractivity (Wildman–Crippen MR) is 140 cm³/mol. The number of tetrazole rings is 1. The molecule has 2 aliphatic heterocycles. The van der Waals surface area contributed by atoms with Crippen LogP contribution in [-0.2, 0) is 18.8 Å². The highest BCUT2D eigenvalue weighted by Crippen LogP contribution is 2.48. The molecule has 4 aromatic rings. The standard InChI is InChI=1S/C30H21F4N5O2/c31-22-8-3-21(4-9-22)17-41-24-11-5-19(6-12-24)1-2-20-7-14-27(35-16-20)30(33,34)29(40)18-39-28(36-37-38-39)25-15-23(32)10-13-26(25)29/h3-16,27,35,40H,17-18H2. The Balaban J connectivity index is 1.13. The number of rotatable bonds is 5. The maximum atomic E-state index is 15.9. The van der Waals surface area contributed by atoms with Gasteiger partial charge in [0.25, 0.3) is 0 Å². The van der Waals surface area contributed by atoms with Crippen molar-refractivity contribution in [1.82, 2.24) is 25.5 Å². The van der Waals surface area contributed by atoms with Gasteiger partial charge in [0, 0.05) is 28.5 Å². The molecule has 1 aromatic heterocycles. The van der Waals surface area contributed by atoms with Gasteiger partial charge < -0.3 is 15.2 Å². The molecule has 0 saturated carbocycles. The summed E-state index contributed by atoms with van der Waals surface area (Å²) in [6.07, 6.45) is 4.03. The number of halogens is 4. The van der Waals surface area contributed by atoms with Crippen LogP contribution in [0.15, 0.2) is 90.7 Å². The average Bonchev–Trinajstić information content (AvgIpc) is 3.45. The number of hydrogen-bond acceptors (Lipinski definition) is 6. The van der Waals surface area contributed by atoms with Crippen molar-refractivity contribution in [3.8, 4) is 29.0 Å². The van der Waals surface area contributed by atoms with Crippen molar-refractivity contribution in [1.29, 1.82) is 0 Å². The molecule has 0 fully saturated rings. The van der Waals surface area contributed by atoms with E-state index in [0.717, 1.165) is 28.4 Å². The third-order valence-electron chi connectivity index (χ3n) is 6.93. The molecule has 0 saturated heterocycles. The minimum Gasteiger partial charge on any atom is -0.489 e. The van der Waals surface area contributed by atoms with Gasteiger partial charge in [-0.1, -0.05) is 36.1 Å². The Morgan fingerprint density at radius 1 is 1.02 bits per heavy atom. The predicted octanol–water partition coefficient (Wildman–Crippen LogP) is 4.50. The van der Waals surface area contributed by atoms with E-state index in [0.29, 0.717) is 16.9 Å². The fraction of sp³-hybridized carbons (Fsp3) is 0.167. The zero-order valence-corrected chi connectivity index (χ0v) is 21.2. The largest absolute Gasteiger partial charge is 0.489 e. The van der Waals surface area contributed by atoms with E-state index >= 15 is 8.78 Å². The molecular weight excluding hydrogens is 538 g/mol. The lowest BCUT2D eigenvalue weighted by Crippen LogP contribution is -2.59. The molecule has 6 rings (SSSR count). The van der Waals surface area contributed by atoms with Crippen LogP contribution in [0.25, 0.3) is 11.4 Å². The third-order valence-corrected chi connectivity index (χ3v) is 6.93. The molecule has 3 heterocycles. The Morgan fingerprint density at radius 2 is 1.78 bits per heavy atom. The summed E-state index contributed by atoms with van der Waals surface area (Å²) in [5.41, 5.74) is -0.930. The number of nitrogens with zero attached hydrogens (tertiary/aromatic N) is 4. The SMILES string of the molecule is OC1(C(F)(F)C2C=CC(C#Cc3ccc(OCc4ccc(F)cc4)cc3)=CN2)Cn2nnnc2-c2cc(F)ccc21. The van der Waals surface area contributed by atoms with Gasteiger partial charge in [0.15, 0.2) is 11.4 Å². The Labute approximate surface area is 231 Å². The highest BCUT2D eigenvalue weighted by atomic mass is 19.3. The molecule has 0 radical (unpaired) electrons. The van der Waals surface area contributed by atoms with Crippen molar-refractivity contribution in [2.24, 2.45) is 0 Å². The Morgan fingerprint density at radius 3 is 2.51 bits per heavy atom. The van der Waals surface area contributed by atoms with Gasteiger partial charge in [-0.25, -0.2) is 22.2 Å². The number of aromatic nitrogens is 4. The van der Waals surface area contributed by atoms with Crippen LogP contribution in [-0.4, -0.2) is 37.3 Å². The lowest BCUT2D eigenvalue weighted by atomic mass is 9.78. The second-order valence-corrected chi connectivity index (χ2v) is 9.63. The van der Waals surface area contributed by atoms with Gasteiger partial charge in [0.05, 0.1) is 6.54 Å². The molecule has 41 heavy (non-hydrogen) atoms. The Bertz CT molecular complexity index is 1720. The van der Waals surface area contributed by atoms with Gasteiger partial charge in [-0.3, -0.25) is 0 Å². The molecule has 2 unspecified atom stereocenters. The first-order chi connectivity index (χ1) is 19.7. The van der Waals surface area contributed by atoms with Crippen molar-refractivity contribution in [2.45, 2.75) is 30.7 Å². The summed E-state index contributed by atoms with van der Waals surface area (Å²) in [6, 6.07) is 14.6. The van der Waals surface area contributed by atoms with Crippen molar-refractivity contribution >= 4 is 0 Å². The van der Waals surface area contributed by atoms with Crippen LogP contribution in [0.1, 0.15) is 16.7 Å². The number of dihydropyridines is 1. The van der Waals surface area contributed by atoms with Crippen LogP contribution >= 0.6 is 0 Å². The average molecular weight is 560 g/mol. The fourth-order valence-corrected chi connectivity index (χ4v) is 4.72. The number of aliphatic hydroxyl groups is 1. The highest BCUT2D eigenvalue weighted by Gasteiger charge is 2.61. The van der Waals surface area contributed by atoms with Crippen molar-refractivity contribution in [3.63, 3.8) is 0 Å². The minimum absolute atomic E-state index is 0.00261. The van der Waals surface area contributed by atoms with E-state index in [-0.39, 0.29) is 29.4 Å². The van der Waals surface area contributed by atoms with Gasteiger partial charge in [0.2, 0.25) is 0 Å². The highest BCUT2D eigenvalue weighted by molar-refractivity contribution is 5.64. The molecule has 2 N–H and O–H groups in total. The van der Waals surface area contributed by atoms with E-state index in [4.69, 9.17) is 4.74 Å². The number of allylic oxidation sites excluding steroid dienone is 2. The van der Waals surface area contributed by atoms with Gasteiger partial charge in [-0.2, -0.15) is 0 Å². The topological polar surface area (TPSA) is 85.1 Å². The summed E-state index contributed by atoms with van der Waals surface area (Å²) in [4.78, 5) is 0. The van der Waals surface area contributed by atoms with Crippen LogP contribution < -0.4 is 10.1 Å². The summed E-state index contributed by atoms with van der Waals surface area (Å²) in [5, 5.41) is 25.0. The molecule has 2 atom stereocenters. The van der Waals surface area contributed by atoms with Crippen molar-refractivity contribution < 1.29 is 27.4 Å². The molecule has 7 nitrogen and oxygen atoms in total. The first-order valence-corrected chi connectivity index (χ1v) is 12.5. The van der Waals surface area contributed by atoms with Crippen LogP contribution in [0.5, 0.6) is 5.75 Å². The molecule has 206 valence electrons. The molecule has 0 bridgehead atoms. The van der Waals surface area contributed by atoms with Gasteiger partial charge in [-0.05, 0) is 70.6 Å². The zero-order chi connectivity index (χ0) is 28.6. The van der Waals surface area contributed by atoms with Gasteiger partial charge in [-0.15, -0.1) is 5.10 Å². The number of benzene rings is 3. The van der Waals surface area contributed by atoms with Gasteiger partial charge in [0.1, 0.15) is 30.0 Å². The molecule has 2 aliphatic rings. The molecule has 0 aliphatic carbocycles. The maximum Gasteiger partial charge on any atom is 0.305 e. The molecule has 0 spiro atoms. The van der Waals surface area contributed by atoms with Crippen molar-refractivity contribution in [2.75, 3.05) is 0 Å². The molecule has 11 heteroatoms. The van der Waals surface area contributed by atoms with E-state index in [1.54, 1.807) is 36.4 Å². The number of fused-ring (bicyclic) bond motifs is 3. The van der Waals surface area contributed by atoms with Crippen LogP contribution in [0.3, 0.4) is 0 Å². The zero-order valence-electron chi connectivity index (χ0n) is 21.2. The van der Waals surface area contributed by atoms with E-state index < -0.39 is 29.9 Å². The van der Waals surface area contributed by atoms with E-state index in [1.165, 1.54) is 30.5 Å². The maximum absolute atomic E-state index is 15.9. The summed E-state index contributed by atoms with van der Waals surface area (Å²) in [6.45, 7) is -0.331. The fourth-order valence-electron chi connectivity index (χ4n) is 4.72. The van der Waals surface area contributed by atoms with Crippen LogP contribution in [0.4, 0.5) is 17.6 Å². The Kier molecular flexibility index (Phi) is 6.55. The second kappa shape index (κ2) is 10.2. The number of hydrogen-bond donors (Lipinski definition) is 2. The van der Waals surface area contributed by atoms with E-state index in [2.05, 4.69) is 32.7 Å². The summed E-state index contributed by atoms with van der Waals surface area (Å²) < 4.78 is 65.6. The second-order valence-electron chi connectivity index (χ2n) is 9.63. The number of alkyl halides is 2. The van der Waals surface area contributed by atoms with E-state index in [1.807, 2.05) is 0 Å². The van der Waals surface area contributed by atoms with Crippen LogP contribution in [0.2, 0.25) is 0 Å². The van der Waals surface area contributed by atoms with E-state index in [9.17, 15) is 13.9 Å². The summed E-state index contributed by atoms with van der Waals surface area (Å²) in [7, 11) is 0. The third kappa shape index (κ3) is 4.94. The van der Waals surface area contributed by atoms with Crippen LogP contribution in [0, 0.1) is 23.5 Å². The summed E-state index contributed by atoms with van der Waals surface area (Å²) >= 11 is 0. The smallest absolute Gasteiger partial charge is 0.305 e. The quantitative estimate of drug-likeness (QED) is 0.277. The minimum atomic E-state index is -3.75. The normalized spacial score (nSPS) is 19.2. The molecule has 3 aromatic carbocycles. The monoisotopic (exact) mass is 559 g/mol.